The number of hydrogen-bond acceptors (Lipinski definition) is 5. The Balaban J connectivity index is 1.75. The topological polar surface area (TPSA) is 121 Å². The molecule has 3 aliphatic rings. The molecule has 2 atom stereocenters. The molecule has 0 radical (unpaired) electrons. The van der Waals surface area contributed by atoms with Gasteiger partial charge in [0, 0.05) is 40.3 Å². The van der Waals surface area contributed by atoms with Gasteiger partial charge in [-0.3, -0.25) is 14.6 Å². The number of aromatic nitrogens is 4. The van der Waals surface area contributed by atoms with E-state index in [2.05, 4.69) is 81.9 Å². The van der Waals surface area contributed by atoms with E-state index in [1.54, 1.807) is 0 Å². The summed E-state index contributed by atoms with van der Waals surface area (Å²) < 4.78 is 4.98. The lowest BCUT2D eigenvalue weighted by Crippen LogP contribution is -2.31. The summed E-state index contributed by atoms with van der Waals surface area (Å²) in [6.45, 7) is 15.0. The molecule has 8 nitrogen and oxygen atoms in total. The minimum atomic E-state index is -0.845. The zero-order chi connectivity index (χ0) is 33.1. The highest BCUT2D eigenvalue weighted by atomic mass is 16.5. The maximum absolute atomic E-state index is 12.2. The zero-order valence-electron chi connectivity index (χ0n) is 27.9. The summed E-state index contributed by atoms with van der Waals surface area (Å²) in [6.07, 6.45) is 5.54. The summed E-state index contributed by atoms with van der Waals surface area (Å²) in [4.78, 5) is 41.5. The first-order valence-corrected chi connectivity index (χ1v) is 15.9. The first-order valence-electron chi connectivity index (χ1n) is 15.9. The van der Waals surface area contributed by atoms with Gasteiger partial charge in [0.1, 0.15) is 0 Å². The van der Waals surface area contributed by atoms with E-state index in [9.17, 15) is 14.7 Å². The number of nitrogens with one attached hydrogen (secondary N) is 2. The molecule has 6 rings (SSSR count). The van der Waals surface area contributed by atoms with Gasteiger partial charge < -0.3 is 19.8 Å². The molecular weight excluding hydrogens is 576 g/mol. The number of rotatable bonds is 6. The molecule has 238 valence electrons. The second-order valence-corrected chi connectivity index (χ2v) is 13.1. The number of hydrogen-bond donors (Lipinski definition) is 3. The van der Waals surface area contributed by atoms with Crippen LogP contribution in [0, 0.1) is 19.8 Å². The molecule has 8 bridgehead atoms. The lowest BCUT2D eigenvalue weighted by Gasteiger charge is -2.36. The molecule has 0 saturated heterocycles. The Labute approximate surface area is 269 Å². The van der Waals surface area contributed by atoms with Crippen molar-refractivity contribution in [3.8, 4) is 0 Å². The number of esters is 1. The third-order valence-electron chi connectivity index (χ3n) is 10.7. The zero-order valence-corrected chi connectivity index (χ0v) is 27.9. The van der Waals surface area contributed by atoms with E-state index in [4.69, 9.17) is 14.7 Å². The van der Waals surface area contributed by atoms with E-state index in [0.29, 0.717) is 12.8 Å². The summed E-state index contributed by atoms with van der Waals surface area (Å²) in [5.41, 5.74) is 15.5. The quantitative estimate of drug-likeness (QED) is 0.241. The second-order valence-electron chi connectivity index (χ2n) is 13.1. The Hall–Kier alpha value is -4.72. The lowest BCUT2D eigenvalue weighted by atomic mass is 9.65. The number of aromatic amines is 2. The Bertz CT molecular complexity index is 2070. The first-order chi connectivity index (χ1) is 21.8. The number of ether oxygens (including phenoxy) is 1. The van der Waals surface area contributed by atoms with Crippen LogP contribution in [0.2, 0.25) is 0 Å². The molecule has 3 N–H and O–H groups in total. The maximum Gasteiger partial charge on any atom is 0.305 e. The fourth-order valence-electron chi connectivity index (χ4n) is 7.14. The van der Waals surface area contributed by atoms with Gasteiger partial charge in [-0.15, -0.1) is 0 Å². The van der Waals surface area contributed by atoms with E-state index in [-0.39, 0.29) is 30.1 Å². The molecule has 3 aromatic heterocycles. The Kier molecular flexibility index (Phi) is 7.87. The predicted molar refractivity (Wildman–Crippen MR) is 183 cm³/mol. The molecule has 3 aromatic rings. The van der Waals surface area contributed by atoms with E-state index >= 15 is 0 Å². The summed E-state index contributed by atoms with van der Waals surface area (Å²) in [5, 5.41) is 9.55. The third-order valence-corrected chi connectivity index (χ3v) is 10.7. The monoisotopic (exact) mass is 618 g/mol. The fraction of sp³-hybridized carbons (Fsp3) is 0.368. The molecule has 1 aliphatic carbocycles. The van der Waals surface area contributed by atoms with Crippen LogP contribution in [0.25, 0.3) is 38.8 Å². The van der Waals surface area contributed by atoms with Crippen LogP contribution in [-0.4, -0.2) is 44.1 Å². The molecular formula is C38H42N4O4. The molecule has 0 saturated carbocycles. The van der Waals surface area contributed by atoms with Gasteiger partial charge >= 0.3 is 11.9 Å². The van der Waals surface area contributed by atoms with E-state index < -0.39 is 5.97 Å². The smallest absolute Gasteiger partial charge is 0.305 e. The SMILES string of the molecule is COC(=O)CCc1c(C)c2cc3nc(cc4nc(cc5[nH]c(cc1[nH]2)c(CCC(=O)O)c5C)C(C)=C4C)C1(C)C3=CC=C(C)C1C. The average Bonchev–Trinajstić information content (AvgIpc) is 3.66. The van der Waals surface area contributed by atoms with Crippen LogP contribution in [-0.2, 0) is 32.6 Å². The highest BCUT2D eigenvalue weighted by Crippen LogP contribution is 2.51. The molecule has 2 unspecified atom stereocenters. The predicted octanol–water partition coefficient (Wildman–Crippen LogP) is 7.94. The number of H-pyrrole nitrogens is 2. The van der Waals surface area contributed by atoms with Gasteiger partial charge in [0.2, 0.25) is 0 Å². The number of nitrogens with zero attached hydrogens (tertiary/aromatic N) is 2. The average molecular weight is 619 g/mol. The Morgan fingerprint density at radius 3 is 1.96 bits per heavy atom. The van der Waals surface area contributed by atoms with Crippen molar-refractivity contribution in [2.45, 2.75) is 79.6 Å². The van der Waals surface area contributed by atoms with Crippen LogP contribution in [0.15, 0.2) is 42.0 Å². The van der Waals surface area contributed by atoms with Crippen molar-refractivity contribution >= 4 is 50.7 Å². The van der Waals surface area contributed by atoms with Gasteiger partial charge in [-0.25, -0.2) is 4.98 Å². The molecule has 5 heterocycles. The molecule has 0 spiro atoms. The fourth-order valence-corrected chi connectivity index (χ4v) is 7.14. The number of carbonyl (C=O) groups is 2. The molecule has 0 amide bonds. The summed E-state index contributed by atoms with van der Waals surface area (Å²) in [5.74, 6) is -0.875. The van der Waals surface area contributed by atoms with Gasteiger partial charge in [-0.1, -0.05) is 24.6 Å². The molecule has 0 aromatic carbocycles. The van der Waals surface area contributed by atoms with Crippen molar-refractivity contribution in [1.82, 2.24) is 19.9 Å². The number of carbonyl (C=O) groups excluding carboxylic acids is 1. The van der Waals surface area contributed by atoms with Crippen LogP contribution < -0.4 is 0 Å². The first kappa shape index (κ1) is 31.3. The Morgan fingerprint density at radius 1 is 0.804 bits per heavy atom. The number of carboxylic acid groups (broad SMARTS) is 1. The summed E-state index contributed by atoms with van der Waals surface area (Å²) >= 11 is 0. The number of aryl methyl sites for hydroxylation is 4. The summed E-state index contributed by atoms with van der Waals surface area (Å²) in [6, 6.07) is 8.39. The highest BCUT2D eigenvalue weighted by molar-refractivity contribution is 5.92. The molecule has 46 heavy (non-hydrogen) atoms. The Morgan fingerprint density at radius 2 is 1.37 bits per heavy atom. The van der Waals surface area contributed by atoms with Crippen molar-refractivity contribution < 1.29 is 19.4 Å². The number of allylic oxidation sites excluding steroid dienone is 6. The van der Waals surface area contributed by atoms with Crippen molar-refractivity contribution in [3.63, 3.8) is 0 Å². The number of fused-ring (bicyclic) bond motifs is 11. The van der Waals surface area contributed by atoms with Gasteiger partial charge in [-0.2, -0.15) is 0 Å². The van der Waals surface area contributed by atoms with E-state index in [1.807, 2.05) is 13.0 Å². The van der Waals surface area contributed by atoms with Crippen LogP contribution in [0.5, 0.6) is 0 Å². The third kappa shape index (κ3) is 5.10. The second kappa shape index (κ2) is 11.6. The number of methoxy groups -OCH3 is 1. The van der Waals surface area contributed by atoms with Crippen molar-refractivity contribution in [2.24, 2.45) is 5.92 Å². The van der Waals surface area contributed by atoms with Crippen LogP contribution in [0.1, 0.15) is 92.5 Å². The largest absolute Gasteiger partial charge is 0.481 e. The van der Waals surface area contributed by atoms with Crippen molar-refractivity contribution in [1.29, 1.82) is 0 Å². The minimum Gasteiger partial charge on any atom is -0.481 e. The standard InChI is InChI=1S/C38H42N4O4/c1-19-9-12-27-34-16-30-23(5)26(11-14-37(45)46-8)33(41-30)17-32-25(10-13-36(43)44)22(4)29(40-32)15-28-20(2)21(3)31(39-28)18-35(42-34)38(27,7)24(19)6/h9,12,15-18,24,40-41H,10-11,13-14H2,1-8H3,(H,43,44). The highest BCUT2D eigenvalue weighted by Gasteiger charge is 2.45. The van der Waals surface area contributed by atoms with Gasteiger partial charge in [0.25, 0.3) is 0 Å². The van der Waals surface area contributed by atoms with Crippen LogP contribution in [0.4, 0.5) is 0 Å². The normalized spacial score (nSPS) is 19.1. The van der Waals surface area contributed by atoms with Crippen LogP contribution >= 0.6 is 0 Å². The molecule has 0 fully saturated rings. The van der Waals surface area contributed by atoms with E-state index in [0.717, 1.165) is 78.2 Å². The van der Waals surface area contributed by atoms with Crippen LogP contribution in [0.3, 0.4) is 0 Å². The minimum absolute atomic E-state index is 0.0154. The number of carboxylic acids is 1. The van der Waals surface area contributed by atoms with Gasteiger partial charge in [-0.05, 0) is 124 Å². The van der Waals surface area contributed by atoms with Gasteiger partial charge in [0.15, 0.2) is 0 Å². The van der Waals surface area contributed by atoms with Crippen molar-refractivity contribution in [3.05, 3.63) is 87.0 Å². The lowest BCUT2D eigenvalue weighted by molar-refractivity contribution is -0.140. The summed E-state index contributed by atoms with van der Waals surface area (Å²) in [7, 11) is 1.41. The maximum atomic E-state index is 12.2. The van der Waals surface area contributed by atoms with E-state index in [1.165, 1.54) is 18.3 Å². The van der Waals surface area contributed by atoms with Gasteiger partial charge in [0.05, 0.1) is 29.9 Å². The molecule has 2 aliphatic heterocycles. The van der Waals surface area contributed by atoms with Crippen molar-refractivity contribution in [2.75, 3.05) is 7.11 Å². The number of aliphatic carboxylic acids is 1. The molecule has 8 heteroatoms.